The van der Waals surface area contributed by atoms with Crippen molar-refractivity contribution in [2.24, 2.45) is 0 Å². The van der Waals surface area contributed by atoms with Crippen LogP contribution >= 0.6 is 0 Å². The Hall–Kier alpha value is -3.73. The first-order valence-electron chi connectivity index (χ1n) is 8.84. The molecule has 0 aliphatic carbocycles. The maximum atomic E-state index is 4.56. The lowest BCUT2D eigenvalue weighted by atomic mass is 10.1. The molecule has 0 unspecified atom stereocenters. The minimum absolute atomic E-state index is 0.740. The number of hydrogen-bond acceptors (Lipinski definition) is 3. The molecule has 0 saturated carbocycles. The van der Waals surface area contributed by atoms with Gasteiger partial charge in [-0.3, -0.25) is 0 Å². The zero-order valence-electron chi connectivity index (χ0n) is 14.6. The molecule has 2 aromatic carbocycles. The fraction of sp³-hybridized carbons (Fsp3) is 0.0455. The van der Waals surface area contributed by atoms with Gasteiger partial charge in [0.2, 0.25) is 0 Å². The lowest BCUT2D eigenvalue weighted by Gasteiger charge is -2.04. The van der Waals surface area contributed by atoms with E-state index in [1.165, 1.54) is 11.1 Å². The molecule has 0 aliphatic rings. The summed E-state index contributed by atoms with van der Waals surface area (Å²) in [7, 11) is 0. The molecule has 5 nitrogen and oxygen atoms in total. The van der Waals surface area contributed by atoms with E-state index >= 15 is 0 Å². The molecule has 27 heavy (non-hydrogen) atoms. The molecule has 0 bridgehead atoms. The van der Waals surface area contributed by atoms with Crippen LogP contribution in [0.5, 0.6) is 0 Å². The Kier molecular flexibility index (Phi) is 3.76. The van der Waals surface area contributed by atoms with Crippen molar-refractivity contribution in [3.63, 3.8) is 0 Å². The van der Waals surface area contributed by atoms with Crippen molar-refractivity contribution in [1.29, 1.82) is 0 Å². The van der Waals surface area contributed by atoms with E-state index in [0.717, 1.165) is 29.1 Å². The highest BCUT2D eigenvalue weighted by Crippen LogP contribution is 2.20. The molecule has 0 radical (unpaired) electrons. The molecule has 0 atom stereocenters. The normalized spacial score (nSPS) is 11.1. The monoisotopic (exact) mass is 351 g/mol. The first-order valence-corrected chi connectivity index (χ1v) is 8.84. The Morgan fingerprint density at radius 3 is 2.26 bits per heavy atom. The second-order valence-electron chi connectivity index (χ2n) is 6.46. The van der Waals surface area contributed by atoms with Crippen LogP contribution in [-0.4, -0.2) is 24.4 Å². The van der Waals surface area contributed by atoms with E-state index in [1.54, 1.807) is 4.52 Å². The average molecular weight is 351 g/mol. The van der Waals surface area contributed by atoms with E-state index < -0.39 is 0 Å². The van der Waals surface area contributed by atoms with E-state index in [9.17, 15) is 0 Å². The fourth-order valence-electron chi connectivity index (χ4n) is 3.24. The van der Waals surface area contributed by atoms with Gasteiger partial charge in [0.15, 0.2) is 11.5 Å². The van der Waals surface area contributed by atoms with Crippen LogP contribution in [0.2, 0.25) is 0 Å². The molecular formula is C22H17N5. The predicted octanol–water partition coefficient (Wildman–Crippen LogP) is 4.31. The highest BCUT2D eigenvalue weighted by molar-refractivity contribution is 5.62. The average Bonchev–Trinajstić information content (AvgIpc) is 3.36. The smallest absolute Gasteiger partial charge is 0.185 e. The summed E-state index contributed by atoms with van der Waals surface area (Å²) in [6.07, 6.45) is 6.12. The minimum atomic E-state index is 0.740. The van der Waals surface area contributed by atoms with Gasteiger partial charge in [-0.05, 0) is 28.8 Å². The molecule has 5 aromatic rings. The lowest BCUT2D eigenvalue weighted by molar-refractivity contribution is 0.791. The van der Waals surface area contributed by atoms with Gasteiger partial charge in [-0.2, -0.15) is 9.61 Å². The minimum Gasteiger partial charge on any atom is -0.349 e. The van der Waals surface area contributed by atoms with Crippen LogP contribution in [-0.2, 0) is 6.54 Å². The van der Waals surface area contributed by atoms with E-state index in [2.05, 4.69) is 62.6 Å². The molecule has 0 aliphatic heterocycles. The Morgan fingerprint density at radius 2 is 1.48 bits per heavy atom. The molecule has 130 valence electrons. The van der Waals surface area contributed by atoms with Gasteiger partial charge in [0.1, 0.15) is 0 Å². The number of aromatic nitrogens is 5. The maximum absolute atomic E-state index is 4.56. The highest BCUT2D eigenvalue weighted by Gasteiger charge is 2.09. The van der Waals surface area contributed by atoms with Gasteiger partial charge in [0.05, 0.1) is 6.20 Å². The first-order chi connectivity index (χ1) is 13.4. The summed E-state index contributed by atoms with van der Waals surface area (Å²) in [4.78, 5) is 0. The van der Waals surface area contributed by atoms with E-state index in [-0.39, 0.29) is 0 Å². The molecule has 3 aromatic heterocycles. The standard InChI is InChI=1S/C22H17N5/c1-3-7-18(8-4-1)20-11-12-26(16-20)15-17-13-21-24-25-22(27(21)23-14-17)19-9-5-2-6-10-19/h1-14,16H,15H2. The van der Waals surface area contributed by atoms with Crippen LogP contribution in [0, 0.1) is 0 Å². The molecule has 0 amide bonds. The van der Waals surface area contributed by atoms with Gasteiger partial charge < -0.3 is 4.57 Å². The zero-order valence-corrected chi connectivity index (χ0v) is 14.6. The lowest BCUT2D eigenvalue weighted by Crippen LogP contribution is -2.01. The summed E-state index contributed by atoms with van der Waals surface area (Å²) >= 11 is 0. The molecule has 0 fully saturated rings. The third-order valence-electron chi connectivity index (χ3n) is 4.57. The van der Waals surface area contributed by atoms with E-state index in [1.807, 2.05) is 48.7 Å². The van der Waals surface area contributed by atoms with Crippen LogP contribution in [0.25, 0.3) is 28.2 Å². The summed E-state index contributed by atoms with van der Waals surface area (Å²) in [6.45, 7) is 0.740. The summed E-state index contributed by atoms with van der Waals surface area (Å²) in [5, 5.41) is 13.1. The van der Waals surface area contributed by atoms with Gasteiger partial charge in [0.25, 0.3) is 0 Å². The third kappa shape index (κ3) is 3.00. The van der Waals surface area contributed by atoms with Crippen LogP contribution in [0.1, 0.15) is 5.56 Å². The molecule has 5 rings (SSSR count). The van der Waals surface area contributed by atoms with E-state index in [4.69, 9.17) is 0 Å². The predicted molar refractivity (Wildman–Crippen MR) is 105 cm³/mol. The second kappa shape index (κ2) is 6.53. The van der Waals surface area contributed by atoms with Crippen molar-refractivity contribution < 1.29 is 0 Å². The summed E-state index contributed by atoms with van der Waals surface area (Å²) in [5.41, 5.74) is 5.27. The van der Waals surface area contributed by atoms with Crippen molar-refractivity contribution in [3.8, 4) is 22.5 Å². The molecule has 0 saturated heterocycles. The Morgan fingerprint density at radius 1 is 0.741 bits per heavy atom. The number of hydrogen-bond donors (Lipinski definition) is 0. The maximum Gasteiger partial charge on any atom is 0.185 e. The van der Waals surface area contributed by atoms with Gasteiger partial charge in [-0.15, -0.1) is 10.2 Å². The second-order valence-corrected chi connectivity index (χ2v) is 6.46. The number of rotatable bonds is 4. The zero-order chi connectivity index (χ0) is 18.1. The van der Waals surface area contributed by atoms with Crippen LogP contribution in [0.4, 0.5) is 0 Å². The highest BCUT2D eigenvalue weighted by atomic mass is 15.4. The van der Waals surface area contributed by atoms with E-state index in [0.29, 0.717) is 0 Å². The van der Waals surface area contributed by atoms with Gasteiger partial charge in [-0.1, -0.05) is 60.7 Å². The van der Waals surface area contributed by atoms with Gasteiger partial charge in [-0.25, -0.2) is 0 Å². The van der Waals surface area contributed by atoms with Crippen LogP contribution < -0.4 is 0 Å². The largest absolute Gasteiger partial charge is 0.349 e. The summed E-state index contributed by atoms with van der Waals surface area (Å²) < 4.78 is 3.94. The summed E-state index contributed by atoms with van der Waals surface area (Å²) in [5.74, 6) is 0.754. The Bertz CT molecular complexity index is 1190. The first kappa shape index (κ1) is 15.5. The molecule has 3 heterocycles. The van der Waals surface area contributed by atoms with Gasteiger partial charge >= 0.3 is 0 Å². The Balaban J connectivity index is 1.43. The van der Waals surface area contributed by atoms with Crippen LogP contribution in [0.3, 0.4) is 0 Å². The van der Waals surface area contributed by atoms with Crippen molar-refractivity contribution in [2.75, 3.05) is 0 Å². The summed E-state index contributed by atoms with van der Waals surface area (Å²) in [6, 6.07) is 24.5. The molecular weight excluding hydrogens is 334 g/mol. The van der Waals surface area contributed by atoms with Crippen molar-refractivity contribution in [1.82, 2.24) is 24.4 Å². The SMILES string of the molecule is c1ccc(-c2ccn(Cc3cnn4c(-c5ccccc5)nnc4c3)c2)cc1. The number of nitrogens with zero attached hydrogens (tertiary/aromatic N) is 5. The van der Waals surface area contributed by atoms with Gasteiger partial charge in [0, 0.05) is 24.5 Å². The topological polar surface area (TPSA) is 48.0 Å². The molecule has 0 N–H and O–H groups in total. The third-order valence-corrected chi connectivity index (χ3v) is 4.57. The Labute approximate surface area is 156 Å². The molecule has 5 heteroatoms. The number of fused-ring (bicyclic) bond motifs is 1. The molecule has 0 spiro atoms. The van der Waals surface area contributed by atoms with Crippen LogP contribution in [0.15, 0.2) is 91.4 Å². The van der Waals surface area contributed by atoms with Crippen molar-refractivity contribution >= 4 is 5.65 Å². The van der Waals surface area contributed by atoms with Crippen molar-refractivity contribution in [2.45, 2.75) is 6.54 Å². The quantitative estimate of drug-likeness (QED) is 0.485. The van der Waals surface area contributed by atoms with Crippen molar-refractivity contribution in [3.05, 3.63) is 97.0 Å². The fourth-order valence-corrected chi connectivity index (χ4v) is 3.24. The number of benzene rings is 2.